The number of para-hydroxylation sites is 1. The molecule has 3 aromatic carbocycles. The molecule has 33 heavy (non-hydrogen) atoms. The van der Waals surface area contributed by atoms with Crippen LogP contribution in [-0.4, -0.2) is 25.5 Å². The molecular formula is C27H28N2O4. The molecule has 0 radical (unpaired) electrons. The molecule has 0 aliphatic carbocycles. The number of nitrogens with one attached hydrogen (secondary N) is 2. The van der Waals surface area contributed by atoms with Crippen molar-refractivity contribution in [1.29, 1.82) is 0 Å². The molecule has 2 N–H and O–H groups in total. The summed E-state index contributed by atoms with van der Waals surface area (Å²) in [6.45, 7) is 4.73. The van der Waals surface area contributed by atoms with Crippen molar-refractivity contribution in [3.63, 3.8) is 0 Å². The van der Waals surface area contributed by atoms with E-state index in [1.165, 1.54) is 0 Å². The summed E-state index contributed by atoms with van der Waals surface area (Å²) in [4.78, 5) is 25.9. The minimum Gasteiger partial charge on any atom is -0.497 e. The van der Waals surface area contributed by atoms with Crippen molar-refractivity contribution in [2.45, 2.75) is 13.8 Å². The van der Waals surface area contributed by atoms with Gasteiger partial charge in [-0.25, -0.2) is 0 Å². The van der Waals surface area contributed by atoms with E-state index in [4.69, 9.17) is 9.47 Å². The first kappa shape index (κ1) is 23.6. The van der Waals surface area contributed by atoms with Crippen molar-refractivity contribution >= 4 is 23.6 Å². The molecule has 6 nitrogen and oxygen atoms in total. The maximum Gasteiger partial charge on any atom is 0.272 e. The first-order valence-corrected chi connectivity index (χ1v) is 10.7. The first-order valence-electron chi connectivity index (χ1n) is 10.7. The van der Waals surface area contributed by atoms with Crippen LogP contribution in [0.25, 0.3) is 6.08 Å². The number of ether oxygens (including phenoxy) is 2. The number of hydrogen-bond acceptors (Lipinski definition) is 4. The van der Waals surface area contributed by atoms with Crippen LogP contribution in [0.3, 0.4) is 0 Å². The van der Waals surface area contributed by atoms with Gasteiger partial charge in [0.25, 0.3) is 11.8 Å². The van der Waals surface area contributed by atoms with Gasteiger partial charge in [0.2, 0.25) is 0 Å². The Morgan fingerprint density at radius 2 is 1.52 bits per heavy atom. The van der Waals surface area contributed by atoms with Crippen molar-refractivity contribution < 1.29 is 19.1 Å². The third-order valence-corrected chi connectivity index (χ3v) is 4.65. The van der Waals surface area contributed by atoms with Gasteiger partial charge in [-0.15, -0.1) is 0 Å². The van der Waals surface area contributed by atoms with Gasteiger partial charge < -0.3 is 20.1 Å². The van der Waals surface area contributed by atoms with E-state index < -0.39 is 11.8 Å². The summed E-state index contributed by atoms with van der Waals surface area (Å²) in [5, 5.41) is 5.55. The van der Waals surface area contributed by atoms with Crippen LogP contribution in [0.15, 0.2) is 84.6 Å². The van der Waals surface area contributed by atoms with Gasteiger partial charge in [0, 0.05) is 11.3 Å². The zero-order valence-corrected chi connectivity index (χ0v) is 19.0. The number of anilines is 1. The Morgan fingerprint density at radius 3 is 2.12 bits per heavy atom. The highest BCUT2D eigenvalue weighted by atomic mass is 16.5. The Labute approximate surface area is 194 Å². The monoisotopic (exact) mass is 444 g/mol. The highest BCUT2D eigenvalue weighted by molar-refractivity contribution is 6.10. The molecule has 3 rings (SSSR count). The van der Waals surface area contributed by atoms with E-state index >= 15 is 0 Å². The van der Waals surface area contributed by atoms with E-state index in [-0.39, 0.29) is 5.70 Å². The largest absolute Gasteiger partial charge is 0.497 e. The molecule has 2 amide bonds. The lowest BCUT2D eigenvalue weighted by atomic mass is 10.1. The van der Waals surface area contributed by atoms with Crippen molar-refractivity contribution in [2.24, 2.45) is 5.92 Å². The zero-order chi connectivity index (χ0) is 23.6. The Balaban J connectivity index is 1.79. The lowest BCUT2D eigenvalue weighted by Crippen LogP contribution is -2.30. The maximum atomic E-state index is 13.0. The fourth-order valence-corrected chi connectivity index (χ4v) is 2.91. The van der Waals surface area contributed by atoms with Crippen molar-refractivity contribution in [1.82, 2.24) is 5.32 Å². The van der Waals surface area contributed by atoms with Gasteiger partial charge in [-0.3, -0.25) is 9.59 Å². The molecule has 0 unspecified atom stereocenters. The SMILES string of the molecule is COc1ccc(/C=C(\NC(=O)c2ccc(OCC(C)C)cc2)C(=O)Nc2ccccc2)cc1. The summed E-state index contributed by atoms with van der Waals surface area (Å²) >= 11 is 0. The predicted octanol–water partition coefficient (Wildman–Crippen LogP) is 5.14. The molecule has 0 bridgehead atoms. The lowest BCUT2D eigenvalue weighted by Gasteiger charge is -2.12. The van der Waals surface area contributed by atoms with Crippen LogP contribution in [0.4, 0.5) is 5.69 Å². The molecule has 0 saturated carbocycles. The van der Waals surface area contributed by atoms with Crippen LogP contribution in [0.5, 0.6) is 11.5 Å². The third-order valence-electron chi connectivity index (χ3n) is 4.65. The first-order chi connectivity index (χ1) is 15.9. The minimum absolute atomic E-state index is 0.120. The minimum atomic E-state index is -0.428. The van der Waals surface area contributed by atoms with E-state index in [9.17, 15) is 9.59 Å². The molecule has 0 saturated heterocycles. The van der Waals surface area contributed by atoms with Crippen molar-refractivity contribution in [3.05, 3.63) is 95.7 Å². The van der Waals surface area contributed by atoms with Crippen molar-refractivity contribution in [3.8, 4) is 11.5 Å². The number of carbonyl (C=O) groups excluding carboxylic acids is 2. The Hall–Kier alpha value is -4.06. The quantitative estimate of drug-likeness (QED) is 0.448. The van der Waals surface area contributed by atoms with Gasteiger partial charge in [-0.05, 0) is 66.1 Å². The predicted molar refractivity (Wildman–Crippen MR) is 130 cm³/mol. The van der Waals surface area contributed by atoms with E-state index in [0.717, 1.165) is 5.56 Å². The van der Waals surface area contributed by atoms with Gasteiger partial charge in [0.05, 0.1) is 13.7 Å². The molecule has 0 heterocycles. The topological polar surface area (TPSA) is 76.7 Å². The Bertz CT molecular complexity index is 1090. The molecule has 0 aliphatic rings. The summed E-state index contributed by atoms with van der Waals surface area (Å²) in [5.74, 6) is 0.972. The molecule has 3 aromatic rings. The molecular weight excluding hydrogens is 416 g/mol. The fraction of sp³-hybridized carbons (Fsp3) is 0.185. The smallest absolute Gasteiger partial charge is 0.272 e. The van der Waals surface area contributed by atoms with Crippen LogP contribution in [0.1, 0.15) is 29.8 Å². The van der Waals surface area contributed by atoms with Gasteiger partial charge in [0.15, 0.2) is 0 Å². The van der Waals surface area contributed by atoms with E-state index in [2.05, 4.69) is 24.5 Å². The second-order valence-corrected chi connectivity index (χ2v) is 7.83. The normalized spacial score (nSPS) is 11.1. The second-order valence-electron chi connectivity index (χ2n) is 7.83. The summed E-state index contributed by atoms with van der Waals surface area (Å²) in [6, 6.07) is 23.1. The van der Waals surface area contributed by atoms with Gasteiger partial charge in [-0.1, -0.05) is 44.2 Å². The standard InChI is InChI=1S/C27H28N2O4/c1-19(2)18-33-24-15-11-21(12-16-24)26(30)29-25(17-20-9-13-23(32-3)14-10-20)27(31)28-22-7-5-4-6-8-22/h4-17,19H,18H2,1-3H3,(H,28,31)(H,29,30)/b25-17-. The Morgan fingerprint density at radius 1 is 0.879 bits per heavy atom. The summed E-state index contributed by atoms with van der Waals surface area (Å²) in [6.07, 6.45) is 1.62. The molecule has 0 fully saturated rings. The fourth-order valence-electron chi connectivity index (χ4n) is 2.91. The molecule has 170 valence electrons. The number of amides is 2. The third kappa shape index (κ3) is 7.25. The molecule has 0 aliphatic heterocycles. The molecule has 0 spiro atoms. The van der Waals surface area contributed by atoms with Gasteiger partial charge in [-0.2, -0.15) is 0 Å². The van der Waals surface area contributed by atoms with E-state index in [1.807, 2.05) is 30.3 Å². The molecule has 6 heteroatoms. The number of methoxy groups -OCH3 is 1. The molecule has 0 atom stereocenters. The summed E-state index contributed by atoms with van der Waals surface area (Å²) in [5.41, 5.74) is 1.91. The molecule has 0 aromatic heterocycles. The van der Waals surface area contributed by atoms with Crippen LogP contribution in [0.2, 0.25) is 0 Å². The van der Waals surface area contributed by atoms with Gasteiger partial charge >= 0.3 is 0 Å². The highest BCUT2D eigenvalue weighted by Crippen LogP contribution is 2.16. The van der Waals surface area contributed by atoms with Crippen LogP contribution < -0.4 is 20.1 Å². The van der Waals surface area contributed by atoms with Crippen molar-refractivity contribution in [2.75, 3.05) is 19.0 Å². The highest BCUT2D eigenvalue weighted by Gasteiger charge is 2.15. The number of rotatable bonds is 9. The number of carbonyl (C=O) groups is 2. The maximum absolute atomic E-state index is 13.0. The Kier molecular flexibility index (Phi) is 8.24. The number of hydrogen-bond donors (Lipinski definition) is 2. The zero-order valence-electron chi connectivity index (χ0n) is 19.0. The van der Waals surface area contributed by atoms with Crippen LogP contribution in [-0.2, 0) is 4.79 Å². The summed E-state index contributed by atoms with van der Waals surface area (Å²) < 4.78 is 10.9. The second kappa shape index (κ2) is 11.5. The number of benzene rings is 3. The lowest BCUT2D eigenvalue weighted by molar-refractivity contribution is -0.113. The van der Waals surface area contributed by atoms with Crippen LogP contribution >= 0.6 is 0 Å². The summed E-state index contributed by atoms with van der Waals surface area (Å²) in [7, 11) is 1.59. The van der Waals surface area contributed by atoms with E-state index in [0.29, 0.717) is 35.3 Å². The average Bonchev–Trinajstić information content (AvgIpc) is 2.83. The van der Waals surface area contributed by atoms with Gasteiger partial charge in [0.1, 0.15) is 17.2 Å². The van der Waals surface area contributed by atoms with E-state index in [1.54, 1.807) is 61.7 Å². The van der Waals surface area contributed by atoms with Crippen LogP contribution in [0, 0.1) is 5.92 Å². The average molecular weight is 445 g/mol.